The van der Waals surface area contributed by atoms with Crippen LogP contribution in [0.15, 0.2) is 35.5 Å². The molecule has 11 heteroatoms. The lowest BCUT2D eigenvalue weighted by atomic mass is 10.3. The first kappa shape index (κ1) is 15.8. The third kappa shape index (κ3) is 2.90. The van der Waals surface area contributed by atoms with Crippen LogP contribution in [0.4, 0.5) is 5.95 Å². The zero-order chi connectivity index (χ0) is 16.6. The van der Waals surface area contributed by atoms with Crippen LogP contribution in [-0.2, 0) is 10.0 Å². The molecule has 0 spiro atoms. The lowest BCUT2D eigenvalue weighted by molar-refractivity contribution is 0.414. The van der Waals surface area contributed by atoms with Crippen LogP contribution in [-0.4, -0.2) is 35.1 Å². The molecule has 1 aromatic carbocycles. The molecule has 0 radical (unpaired) electrons. The summed E-state index contributed by atoms with van der Waals surface area (Å²) in [6.45, 7) is 0. The van der Waals surface area contributed by atoms with Gasteiger partial charge in [-0.15, -0.1) is 5.10 Å². The van der Waals surface area contributed by atoms with E-state index >= 15 is 0 Å². The van der Waals surface area contributed by atoms with Gasteiger partial charge in [-0.05, 0) is 18.2 Å². The number of hydrogen-bond donors (Lipinski definition) is 1. The van der Waals surface area contributed by atoms with E-state index in [9.17, 15) is 8.42 Å². The van der Waals surface area contributed by atoms with Crippen molar-refractivity contribution in [3.05, 3.63) is 40.6 Å². The summed E-state index contributed by atoms with van der Waals surface area (Å²) in [5.74, 6) is 0.390. The molecule has 120 valence electrons. The highest BCUT2D eigenvalue weighted by molar-refractivity contribution is 7.92. The van der Waals surface area contributed by atoms with E-state index < -0.39 is 10.0 Å². The molecule has 3 aromatic rings. The Hall–Kier alpha value is -2.10. The van der Waals surface area contributed by atoms with Crippen molar-refractivity contribution in [2.75, 3.05) is 11.8 Å². The van der Waals surface area contributed by atoms with Gasteiger partial charge >= 0.3 is 0 Å². The molecule has 0 aliphatic rings. The van der Waals surface area contributed by atoms with Crippen LogP contribution in [0.25, 0.3) is 5.78 Å². The molecule has 1 N–H and O–H groups in total. The van der Waals surface area contributed by atoms with Gasteiger partial charge in [-0.25, -0.2) is 22.6 Å². The van der Waals surface area contributed by atoms with Crippen LogP contribution in [0.5, 0.6) is 5.75 Å². The highest BCUT2D eigenvalue weighted by Gasteiger charge is 2.23. The molecule has 0 bridgehead atoms. The third-order valence-electron chi connectivity index (χ3n) is 2.86. The first-order valence-electron chi connectivity index (χ1n) is 6.14. The van der Waals surface area contributed by atoms with Gasteiger partial charge in [-0.1, -0.05) is 23.2 Å². The number of fused-ring (bicyclic) bond motifs is 1. The van der Waals surface area contributed by atoms with E-state index in [4.69, 9.17) is 27.9 Å². The molecule has 2 aromatic heterocycles. The van der Waals surface area contributed by atoms with Gasteiger partial charge in [0.15, 0.2) is 0 Å². The number of halogens is 2. The number of rotatable bonds is 4. The minimum atomic E-state index is -4.03. The number of nitrogens with zero attached hydrogens (tertiary/aromatic N) is 4. The Morgan fingerprint density at radius 3 is 2.74 bits per heavy atom. The summed E-state index contributed by atoms with van der Waals surface area (Å²) >= 11 is 12.0. The Bertz CT molecular complexity index is 957. The Kier molecular flexibility index (Phi) is 4.00. The van der Waals surface area contributed by atoms with Crippen LogP contribution in [0.2, 0.25) is 10.0 Å². The third-order valence-corrected chi connectivity index (χ3v) is 5.21. The SMILES string of the molecule is COc1ccc(S(=O)(=O)Nc2nc3ncccn3n2)c(Cl)c1Cl. The zero-order valence-electron chi connectivity index (χ0n) is 11.6. The number of aromatic nitrogens is 4. The maximum atomic E-state index is 12.4. The van der Waals surface area contributed by atoms with Crippen LogP contribution in [0.1, 0.15) is 0 Å². The summed E-state index contributed by atoms with van der Waals surface area (Å²) in [4.78, 5) is 7.70. The number of ether oxygens (including phenoxy) is 1. The summed E-state index contributed by atoms with van der Waals surface area (Å²) in [5.41, 5.74) is 0. The van der Waals surface area contributed by atoms with E-state index in [1.54, 1.807) is 12.3 Å². The van der Waals surface area contributed by atoms with Crippen molar-refractivity contribution in [2.45, 2.75) is 4.90 Å². The summed E-state index contributed by atoms with van der Waals surface area (Å²) in [7, 11) is -2.63. The quantitative estimate of drug-likeness (QED) is 0.752. The van der Waals surface area contributed by atoms with Gasteiger partial charge in [-0.2, -0.15) is 4.98 Å². The van der Waals surface area contributed by atoms with E-state index in [2.05, 4.69) is 19.8 Å². The smallest absolute Gasteiger partial charge is 0.265 e. The topological polar surface area (TPSA) is 98.5 Å². The van der Waals surface area contributed by atoms with E-state index in [1.807, 2.05) is 0 Å². The first-order chi connectivity index (χ1) is 10.9. The van der Waals surface area contributed by atoms with Crippen LogP contribution in [0.3, 0.4) is 0 Å². The second kappa shape index (κ2) is 5.84. The molecule has 2 heterocycles. The minimum Gasteiger partial charge on any atom is -0.495 e. The largest absolute Gasteiger partial charge is 0.495 e. The fraction of sp³-hybridized carbons (Fsp3) is 0.0833. The number of anilines is 1. The Morgan fingerprint density at radius 2 is 2.04 bits per heavy atom. The highest BCUT2D eigenvalue weighted by Crippen LogP contribution is 2.36. The molecule has 0 amide bonds. The van der Waals surface area contributed by atoms with Crippen molar-refractivity contribution >= 4 is 45.0 Å². The maximum absolute atomic E-state index is 12.4. The summed E-state index contributed by atoms with van der Waals surface area (Å²) in [6, 6.07) is 4.32. The van der Waals surface area contributed by atoms with Crippen LogP contribution in [0, 0.1) is 0 Å². The van der Waals surface area contributed by atoms with Gasteiger partial charge in [-0.3, -0.25) is 0 Å². The predicted molar refractivity (Wildman–Crippen MR) is 84.6 cm³/mol. The minimum absolute atomic E-state index is 0.00155. The molecule has 0 fully saturated rings. The average Bonchev–Trinajstić information content (AvgIpc) is 2.90. The second-order valence-electron chi connectivity index (χ2n) is 4.30. The lowest BCUT2D eigenvalue weighted by Gasteiger charge is -2.10. The Morgan fingerprint density at radius 1 is 1.26 bits per heavy atom. The van der Waals surface area contributed by atoms with Crippen molar-refractivity contribution in [2.24, 2.45) is 0 Å². The van der Waals surface area contributed by atoms with Crippen molar-refractivity contribution < 1.29 is 13.2 Å². The van der Waals surface area contributed by atoms with E-state index in [0.717, 1.165) is 0 Å². The molecular weight excluding hydrogens is 365 g/mol. The first-order valence-corrected chi connectivity index (χ1v) is 8.38. The molecular formula is C12H9Cl2N5O3S. The number of nitrogens with one attached hydrogen (secondary N) is 1. The van der Waals surface area contributed by atoms with E-state index in [-0.39, 0.29) is 32.4 Å². The number of sulfonamides is 1. The van der Waals surface area contributed by atoms with Gasteiger partial charge in [0.25, 0.3) is 21.7 Å². The van der Waals surface area contributed by atoms with E-state index in [1.165, 1.54) is 30.0 Å². The van der Waals surface area contributed by atoms with Crippen molar-refractivity contribution in [3.8, 4) is 5.75 Å². The summed E-state index contributed by atoms with van der Waals surface area (Å²) in [5, 5.41) is 3.81. The van der Waals surface area contributed by atoms with Crippen LogP contribution < -0.4 is 9.46 Å². The number of benzene rings is 1. The van der Waals surface area contributed by atoms with Gasteiger partial charge in [0.05, 0.1) is 12.1 Å². The average molecular weight is 374 g/mol. The normalized spacial score (nSPS) is 11.6. The standard InChI is InChI=1S/C12H9Cl2N5O3S/c1-22-7-3-4-8(10(14)9(7)13)23(20,21)18-11-16-12-15-5-2-6-19(12)17-11/h2-6H,1H3,(H,17,18). The molecule has 8 nitrogen and oxygen atoms in total. The van der Waals surface area contributed by atoms with Crippen molar-refractivity contribution in [3.63, 3.8) is 0 Å². The Balaban J connectivity index is 2.00. The number of methoxy groups -OCH3 is 1. The van der Waals surface area contributed by atoms with Crippen molar-refractivity contribution in [1.82, 2.24) is 19.6 Å². The van der Waals surface area contributed by atoms with Gasteiger partial charge in [0.1, 0.15) is 15.7 Å². The second-order valence-corrected chi connectivity index (χ2v) is 6.71. The molecule has 0 saturated heterocycles. The lowest BCUT2D eigenvalue weighted by Crippen LogP contribution is -2.14. The molecule has 23 heavy (non-hydrogen) atoms. The Labute approximate surface area is 141 Å². The van der Waals surface area contributed by atoms with Gasteiger partial charge in [0, 0.05) is 12.4 Å². The van der Waals surface area contributed by atoms with Crippen molar-refractivity contribution in [1.29, 1.82) is 0 Å². The molecule has 0 aliphatic carbocycles. The molecule has 0 unspecified atom stereocenters. The molecule has 0 aliphatic heterocycles. The highest BCUT2D eigenvalue weighted by atomic mass is 35.5. The fourth-order valence-electron chi connectivity index (χ4n) is 1.83. The molecule has 0 saturated carbocycles. The monoisotopic (exact) mass is 373 g/mol. The van der Waals surface area contributed by atoms with Gasteiger partial charge < -0.3 is 4.74 Å². The number of hydrogen-bond acceptors (Lipinski definition) is 6. The summed E-state index contributed by atoms with van der Waals surface area (Å²) < 4.78 is 33.4. The molecule has 0 atom stereocenters. The predicted octanol–water partition coefficient (Wildman–Crippen LogP) is 2.24. The van der Waals surface area contributed by atoms with Crippen LogP contribution >= 0.6 is 23.2 Å². The van der Waals surface area contributed by atoms with Gasteiger partial charge in [0.2, 0.25) is 0 Å². The zero-order valence-corrected chi connectivity index (χ0v) is 13.9. The summed E-state index contributed by atoms with van der Waals surface area (Å²) in [6.07, 6.45) is 3.10. The fourth-order valence-corrected chi connectivity index (χ4v) is 3.61. The van der Waals surface area contributed by atoms with E-state index in [0.29, 0.717) is 0 Å². The maximum Gasteiger partial charge on any atom is 0.265 e. The molecule has 3 rings (SSSR count).